The Morgan fingerprint density at radius 2 is 2.03 bits per heavy atom. The molecule has 3 rings (SSSR count). The summed E-state index contributed by atoms with van der Waals surface area (Å²) in [5, 5.41) is 13.4. The second-order valence-electron chi connectivity index (χ2n) is 5.96. The molecule has 150 valence electrons. The molecule has 9 nitrogen and oxygen atoms in total. The first-order chi connectivity index (χ1) is 13.8. The van der Waals surface area contributed by atoms with E-state index >= 15 is 0 Å². The first kappa shape index (κ1) is 20.3. The third-order valence-electron chi connectivity index (χ3n) is 4.01. The Balaban J connectivity index is 2.13. The number of para-hydroxylation sites is 1. The van der Waals surface area contributed by atoms with E-state index < -0.39 is 23.3 Å². The van der Waals surface area contributed by atoms with Crippen molar-refractivity contribution in [3.8, 4) is 11.5 Å². The second kappa shape index (κ2) is 8.31. The molecule has 2 aromatic carbocycles. The van der Waals surface area contributed by atoms with Crippen molar-refractivity contribution in [3.05, 3.63) is 67.3 Å². The van der Waals surface area contributed by atoms with E-state index in [-0.39, 0.29) is 11.5 Å². The third kappa shape index (κ3) is 4.21. The molecule has 3 aromatic rings. The number of aromatic nitrogens is 2. The minimum Gasteiger partial charge on any atom is -0.493 e. The molecule has 10 heteroatoms. The molecule has 0 aliphatic rings. The van der Waals surface area contributed by atoms with Crippen LogP contribution in [-0.4, -0.2) is 40.2 Å². The predicted molar refractivity (Wildman–Crippen MR) is 110 cm³/mol. The Labute approximate surface area is 172 Å². The van der Waals surface area contributed by atoms with Crippen LogP contribution in [0.15, 0.2) is 55.6 Å². The highest BCUT2D eigenvalue weighted by atomic mass is 79.9. The number of carbonyl (C=O) groups is 1. The number of halogens is 1. The van der Waals surface area contributed by atoms with Gasteiger partial charge in [-0.05, 0) is 31.2 Å². The lowest BCUT2D eigenvalue weighted by Gasteiger charge is -2.16. The molecule has 1 unspecified atom stereocenters. The van der Waals surface area contributed by atoms with Crippen LogP contribution in [0.2, 0.25) is 0 Å². The van der Waals surface area contributed by atoms with Gasteiger partial charge in [0.15, 0.2) is 17.6 Å². The van der Waals surface area contributed by atoms with E-state index in [9.17, 15) is 14.4 Å². The van der Waals surface area contributed by atoms with Gasteiger partial charge in [-0.1, -0.05) is 28.1 Å². The number of aliphatic carboxylic acids is 1. The number of carboxylic acids is 1. The molecular formula is C19H16BrN3O6. The maximum absolute atomic E-state index is 12.6. The summed E-state index contributed by atoms with van der Waals surface area (Å²) in [6.07, 6.45) is 0.0619. The molecule has 0 radical (unpaired) electrons. The smallest absolute Gasteiger partial charge is 0.349 e. The molecule has 1 heterocycles. The molecule has 0 saturated heterocycles. The van der Waals surface area contributed by atoms with E-state index in [1.807, 2.05) is 0 Å². The van der Waals surface area contributed by atoms with E-state index in [2.05, 4.69) is 26.0 Å². The average Bonchev–Trinajstić information content (AvgIpc) is 2.69. The monoisotopic (exact) mass is 461 g/mol. The zero-order chi connectivity index (χ0) is 21.1. The summed E-state index contributed by atoms with van der Waals surface area (Å²) in [4.78, 5) is 38.6. The fourth-order valence-electron chi connectivity index (χ4n) is 2.57. The summed E-state index contributed by atoms with van der Waals surface area (Å²) in [6.45, 7) is 1.36. The highest BCUT2D eigenvalue weighted by molar-refractivity contribution is 9.10. The van der Waals surface area contributed by atoms with Crippen LogP contribution < -0.4 is 20.7 Å². The van der Waals surface area contributed by atoms with E-state index in [0.29, 0.717) is 25.6 Å². The van der Waals surface area contributed by atoms with Gasteiger partial charge >= 0.3 is 11.7 Å². The molecule has 0 aliphatic carbocycles. The lowest BCUT2D eigenvalue weighted by atomic mass is 10.2. The highest BCUT2D eigenvalue weighted by Gasteiger charge is 2.19. The van der Waals surface area contributed by atoms with Gasteiger partial charge in [-0.25, -0.2) is 9.59 Å². The lowest BCUT2D eigenvalue weighted by Crippen LogP contribution is -2.32. The van der Waals surface area contributed by atoms with Crippen LogP contribution >= 0.6 is 15.9 Å². The summed E-state index contributed by atoms with van der Waals surface area (Å²) in [5.41, 5.74) is -0.599. The maximum Gasteiger partial charge on any atom is 0.349 e. The molecule has 0 amide bonds. The number of methoxy groups -OCH3 is 1. The summed E-state index contributed by atoms with van der Waals surface area (Å²) in [5.74, 6) is -0.798. The van der Waals surface area contributed by atoms with Crippen molar-refractivity contribution in [3.63, 3.8) is 0 Å². The van der Waals surface area contributed by atoms with Crippen molar-refractivity contribution in [2.24, 2.45) is 5.10 Å². The van der Waals surface area contributed by atoms with Crippen LogP contribution in [0.3, 0.4) is 0 Å². The molecule has 2 N–H and O–H groups in total. The van der Waals surface area contributed by atoms with Crippen molar-refractivity contribution in [2.75, 3.05) is 7.11 Å². The van der Waals surface area contributed by atoms with Gasteiger partial charge in [-0.2, -0.15) is 5.10 Å². The van der Waals surface area contributed by atoms with E-state index in [1.165, 1.54) is 20.2 Å². The van der Waals surface area contributed by atoms with Gasteiger partial charge in [-0.15, -0.1) is 4.68 Å². The highest BCUT2D eigenvalue weighted by Crippen LogP contribution is 2.34. The lowest BCUT2D eigenvalue weighted by molar-refractivity contribution is -0.144. The van der Waals surface area contributed by atoms with Gasteiger partial charge in [0.25, 0.3) is 5.56 Å². The Bertz CT molecular complexity index is 1230. The standard InChI is InChI=1S/C19H16BrN3O6/c1-10(18(25)26)29-16-11(7-12(20)8-15(16)28-2)9-21-23-17(24)13-5-3-4-6-14(13)22-19(23)27/h3-10H,1-2H3,(H,22,27)(H,25,26). The molecular weight excluding hydrogens is 446 g/mol. The van der Waals surface area contributed by atoms with Gasteiger partial charge < -0.3 is 19.6 Å². The number of hydrogen-bond donors (Lipinski definition) is 2. The SMILES string of the molecule is COc1cc(Br)cc(C=Nn2c(=O)[nH]c3ccccc3c2=O)c1OC(C)C(=O)O. The van der Waals surface area contributed by atoms with Crippen molar-refractivity contribution < 1.29 is 19.4 Å². The fraction of sp³-hybridized carbons (Fsp3) is 0.158. The number of benzene rings is 2. The minimum atomic E-state index is -1.17. The number of aromatic amines is 1. The van der Waals surface area contributed by atoms with Crippen LogP contribution in [-0.2, 0) is 4.79 Å². The molecule has 0 spiro atoms. The minimum absolute atomic E-state index is 0.111. The second-order valence-corrected chi connectivity index (χ2v) is 6.88. The van der Waals surface area contributed by atoms with Gasteiger partial charge in [0.05, 0.1) is 24.2 Å². The topological polar surface area (TPSA) is 123 Å². The molecule has 1 aromatic heterocycles. The first-order valence-corrected chi connectivity index (χ1v) is 9.16. The van der Waals surface area contributed by atoms with Gasteiger partial charge in [-0.3, -0.25) is 4.79 Å². The number of carboxylic acid groups (broad SMARTS) is 1. The quantitative estimate of drug-likeness (QED) is 0.542. The molecule has 29 heavy (non-hydrogen) atoms. The van der Waals surface area contributed by atoms with Crippen LogP contribution in [0.25, 0.3) is 10.9 Å². The summed E-state index contributed by atoms with van der Waals surface area (Å²) in [7, 11) is 1.40. The van der Waals surface area contributed by atoms with E-state index in [1.54, 1.807) is 36.4 Å². The Morgan fingerprint density at radius 3 is 2.72 bits per heavy atom. The van der Waals surface area contributed by atoms with Gasteiger partial charge in [0.2, 0.25) is 0 Å². The van der Waals surface area contributed by atoms with Crippen molar-refractivity contribution in [1.82, 2.24) is 9.66 Å². The zero-order valence-electron chi connectivity index (χ0n) is 15.4. The van der Waals surface area contributed by atoms with Gasteiger partial charge in [0, 0.05) is 10.0 Å². The largest absolute Gasteiger partial charge is 0.493 e. The number of rotatable bonds is 6. The molecule has 0 fully saturated rings. The van der Waals surface area contributed by atoms with Crippen LogP contribution in [0.4, 0.5) is 0 Å². The Kier molecular flexibility index (Phi) is 5.83. The molecule has 0 aliphatic heterocycles. The zero-order valence-corrected chi connectivity index (χ0v) is 17.0. The predicted octanol–water partition coefficient (Wildman–Crippen LogP) is 2.19. The van der Waals surface area contributed by atoms with Crippen molar-refractivity contribution >= 4 is 39.0 Å². The summed E-state index contributed by atoms with van der Waals surface area (Å²) < 4.78 is 12.0. The number of nitrogens with one attached hydrogen (secondary N) is 1. The fourth-order valence-corrected chi connectivity index (χ4v) is 3.02. The number of hydrogen-bond acceptors (Lipinski definition) is 6. The van der Waals surface area contributed by atoms with Crippen LogP contribution in [0.5, 0.6) is 11.5 Å². The van der Waals surface area contributed by atoms with Crippen LogP contribution in [0, 0.1) is 0 Å². The van der Waals surface area contributed by atoms with Gasteiger partial charge in [0.1, 0.15) is 0 Å². The normalized spacial score (nSPS) is 12.2. The van der Waals surface area contributed by atoms with Crippen LogP contribution in [0.1, 0.15) is 12.5 Å². The maximum atomic E-state index is 12.6. The Morgan fingerprint density at radius 1 is 1.31 bits per heavy atom. The molecule has 0 saturated carbocycles. The molecule has 0 bridgehead atoms. The number of ether oxygens (including phenoxy) is 2. The van der Waals surface area contributed by atoms with E-state index in [0.717, 1.165) is 0 Å². The third-order valence-corrected chi connectivity index (χ3v) is 4.46. The first-order valence-electron chi connectivity index (χ1n) is 8.37. The van der Waals surface area contributed by atoms with Crippen molar-refractivity contribution in [2.45, 2.75) is 13.0 Å². The summed E-state index contributed by atoms with van der Waals surface area (Å²) in [6, 6.07) is 9.75. The van der Waals surface area contributed by atoms with E-state index in [4.69, 9.17) is 14.6 Å². The van der Waals surface area contributed by atoms with Crippen molar-refractivity contribution in [1.29, 1.82) is 0 Å². The Hall–Kier alpha value is -3.40. The summed E-state index contributed by atoms with van der Waals surface area (Å²) >= 11 is 3.32. The number of fused-ring (bicyclic) bond motifs is 1. The molecule has 1 atom stereocenters. The average molecular weight is 462 g/mol. The number of H-pyrrole nitrogens is 1. The number of nitrogens with zero attached hydrogens (tertiary/aromatic N) is 2.